The van der Waals surface area contributed by atoms with E-state index in [-0.39, 0.29) is 15.5 Å². The number of methoxy groups -OCH3 is 2. The third-order valence-electron chi connectivity index (χ3n) is 2.69. The molecular formula is C13H12BrNO5S2. The summed E-state index contributed by atoms with van der Waals surface area (Å²) in [6, 6.07) is 7.51. The van der Waals surface area contributed by atoms with Gasteiger partial charge in [-0.05, 0) is 46.3 Å². The van der Waals surface area contributed by atoms with Crippen LogP contribution < -0.4 is 9.46 Å². The summed E-state index contributed by atoms with van der Waals surface area (Å²) in [5.41, 5.74) is 0.193. The normalized spacial score (nSPS) is 11.0. The molecule has 0 aliphatic heterocycles. The molecule has 22 heavy (non-hydrogen) atoms. The molecule has 0 saturated heterocycles. The van der Waals surface area contributed by atoms with E-state index in [9.17, 15) is 13.2 Å². The molecule has 0 atom stereocenters. The summed E-state index contributed by atoms with van der Waals surface area (Å²) in [5.74, 6) is -0.244. The number of benzene rings is 1. The molecule has 0 amide bonds. The molecule has 0 aliphatic rings. The van der Waals surface area contributed by atoms with Gasteiger partial charge in [0.1, 0.15) is 9.96 Å². The number of thiophene rings is 1. The van der Waals surface area contributed by atoms with Crippen LogP contribution in [0.15, 0.2) is 38.3 Å². The zero-order valence-electron chi connectivity index (χ0n) is 11.6. The van der Waals surface area contributed by atoms with Gasteiger partial charge in [0.15, 0.2) is 0 Å². The highest BCUT2D eigenvalue weighted by molar-refractivity contribution is 9.11. The maximum absolute atomic E-state index is 12.3. The predicted octanol–water partition coefficient (Wildman–Crippen LogP) is 3.11. The third-order valence-corrected chi connectivity index (χ3v) is 6.17. The Kier molecular flexibility index (Phi) is 5.09. The summed E-state index contributed by atoms with van der Waals surface area (Å²) in [5, 5.41) is 0. The number of carbonyl (C=O) groups excluding carboxylic acids is 1. The standard InChI is InChI=1S/C13H12BrNO5S2/c1-19-8-3-4-10(9(7-8)13(16)20-2)15-22(17,18)12-6-5-11(14)21-12/h3-7,15H,1-2H3. The van der Waals surface area contributed by atoms with Crippen molar-refractivity contribution in [2.75, 3.05) is 18.9 Å². The Morgan fingerprint density at radius 1 is 1.23 bits per heavy atom. The van der Waals surface area contributed by atoms with Crippen molar-refractivity contribution in [2.24, 2.45) is 0 Å². The van der Waals surface area contributed by atoms with Crippen molar-refractivity contribution in [3.8, 4) is 5.75 Å². The average molecular weight is 406 g/mol. The van der Waals surface area contributed by atoms with E-state index >= 15 is 0 Å². The lowest BCUT2D eigenvalue weighted by Crippen LogP contribution is -2.15. The van der Waals surface area contributed by atoms with Crippen LogP contribution in [0.5, 0.6) is 5.75 Å². The number of sulfonamides is 1. The molecule has 0 fully saturated rings. The second-order valence-corrected chi connectivity index (χ2v) is 8.44. The summed E-state index contributed by atoms with van der Waals surface area (Å²) in [4.78, 5) is 11.8. The van der Waals surface area contributed by atoms with Crippen molar-refractivity contribution in [3.05, 3.63) is 39.7 Å². The van der Waals surface area contributed by atoms with Gasteiger partial charge in [-0.25, -0.2) is 13.2 Å². The fraction of sp³-hybridized carbons (Fsp3) is 0.154. The van der Waals surface area contributed by atoms with Gasteiger partial charge < -0.3 is 9.47 Å². The van der Waals surface area contributed by atoms with Gasteiger partial charge in [0.25, 0.3) is 10.0 Å². The average Bonchev–Trinajstić information content (AvgIpc) is 2.94. The Balaban J connectivity index is 2.42. The zero-order valence-corrected chi connectivity index (χ0v) is 14.8. The van der Waals surface area contributed by atoms with Gasteiger partial charge >= 0.3 is 5.97 Å². The number of esters is 1. The molecule has 9 heteroatoms. The van der Waals surface area contributed by atoms with Gasteiger partial charge in [-0.3, -0.25) is 4.72 Å². The SMILES string of the molecule is COC(=O)c1cc(OC)ccc1NS(=O)(=O)c1ccc(Br)s1. The van der Waals surface area contributed by atoms with Crippen LogP contribution in [-0.2, 0) is 14.8 Å². The fourth-order valence-corrected chi connectivity index (χ4v) is 4.74. The summed E-state index contributed by atoms with van der Waals surface area (Å²) in [6.07, 6.45) is 0. The maximum Gasteiger partial charge on any atom is 0.340 e. The molecule has 118 valence electrons. The largest absolute Gasteiger partial charge is 0.497 e. The van der Waals surface area contributed by atoms with E-state index in [1.165, 1.54) is 32.4 Å². The minimum Gasteiger partial charge on any atom is -0.497 e. The predicted molar refractivity (Wildman–Crippen MR) is 87.2 cm³/mol. The lowest BCUT2D eigenvalue weighted by Gasteiger charge is -2.11. The van der Waals surface area contributed by atoms with Crippen molar-refractivity contribution in [2.45, 2.75) is 4.21 Å². The molecule has 1 aromatic heterocycles. The number of nitrogens with one attached hydrogen (secondary N) is 1. The Morgan fingerprint density at radius 3 is 2.50 bits per heavy atom. The first-order valence-electron chi connectivity index (χ1n) is 5.92. The van der Waals surface area contributed by atoms with Crippen LogP contribution in [-0.4, -0.2) is 28.6 Å². The molecule has 0 unspecified atom stereocenters. The topological polar surface area (TPSA) is 81.7 Å². The third kappa shape index (κ3) is 3.60. The molecular weight excluding hydrogens is 394 g/mol. The summed E-state index contributed by atoms with van der Waals surface area (Å²) in [7, 11) is -1.12. The first-order valence-corrected chi connectivity index (χ1v) is 9.01. The molecule has 2 rings (SSSR count). The summed E-state index contributed by atoms with van der Waals surface area (Å²) < 4.78 is 37.6. The molecule has 6 nitrogen and oxygen atoms in total. The zero-order chi connectivity index (χ0) is 16.3. The van der Waals surface area contributed by atoms with E-state index in [1.807, 2.05) is 0 Å². The van der Waals surface area contributed by atoms with Crippen LogP contribution >= 0.6 is 27.3 Å². The van der Waals surface area contributed by atoms with Crippen molar-refractivity contribution in [1.29, 1.82) is 0 Å². The molecule has 1 aromatic carbocycles. The van der Waals surface area contributed by atoms with Crippen molar-refractivity contribution >= 4 is 48.9 Å². The molecule has 1 heterocycles. The summed E-state index contributed by atoms with van der Waals surface area (Å²) >= 11 is 4.28. The first kappa shape index (κ1) is 16.8. The van der Waals surface area contributed by atoms with E-state index in [4.69, 9.17) is 4.74 Å². The Labute approximate surface area is 140 Å². The summed E-state index contributed by atoms with van der Waals surface area (Å²) in [6.45, 7) is 0. The monoisotopic (exact) mass is 405 g/mol. The highest BCUT2D eigenvalue weighted by Gasteiger charge is 2.21. The fourth-order valence-electron chi connectivity index (χ4n) is 1.66. The van der Waals surface area contributed by atoms with Gasteiger partial charge in [-0.2, -0.15) is 0 Å². The van der Waals surface area contributed by atoms with Gasteiger partial charge in [-0.15, -0.1) is 11.3 Å². The second kappa shape index (κ2) is 6.67. The van der Waals surface area contributed by atoms with E-state index in [0.29, 0.717) is 9.54 Å². The number of ether oxygens (including phenoxy) is 2. The number of rotatable bonds is 5. The van der Waals surface area contributed by atoms with Crippen molar-refractivity contribution in [1.82, 2.24) is 0 Å². The second-order valence-electron chi connectivity index (χ2n) is 4.07. The van der Waals surface area contributed by atoms with Gasteiger partial charge in [-0.1, -0.05) is 0 Å². The Morgan fingerprint density at radius 2 is 1.95 bits per heavy atom. The van der Waals surface area contributed by atoms with Crippen LogP contribution in [0.2, 0.25) is 0 Å². The van der Waals surface area contributed by atoms with Gasteiger partial charge in [0, 0.05) is 0 Å². The number of hydrogen-bond acceptors (Lipinski definition) is 6. The molecule has 0 saturated carbocycles. The smallest absolute Gasteiger partial charge is 0.340 e. The van der Waals surface area contributed by atoms with Gasteiger partial charge in [0.2, 0.25) is 0 Å². The molecule has 0 aliphatic carbocycles. The number of carbonyl (C=O) groups is 1. The van der Waals surface area contributed by atoms with E-state index in [1.54, 1.807) is 12.1 Å². The van der Waals surface area contributed by atoms with Crippen molar-refractivity contribution < 1.29 is 22.7 Å². The van der Waals surface area contributed by atoms with Crippen LogP contribution in [0, 0.1) is 0 Å². The quantitative estimate of drug-likeness (QED) is 0.772. The van der Waals surface area contributed by atoms with Crippen LogP contribution in [0.1, 0.15) is 10.4 Å². The van der Waals surface area contributed by atoms with Gasteiger partial charge in [0.05, 0.1) is 29.3 Å². The highest BCUT2D eigenvalue weighted by atomic mass is 79.9. The lowest BCUT2D eigenvalue weighted by molar-refractivity contribution is 0.0601. The molecule has 0 radical (unpaired) electrons. The number of halogens is 1. The van der Waals surface area contributed by atoms with Crippen molar-refractivity contribution in [3.63, 3.8) is 0 Å². The van der Waals surface area contributed by atoms with Crippen LogP contribution in [0.4, 0.5) is 5.69 Å². The lowest BCUT2D eigenvalue weighted by atomic mass is 10.2. The first-order chi connectivity index (χ1) is 10.4. The molecule has 1 N–H and O–H groups in total. The van der Waals surface area contributed by atoms with E-state index < -0.39 is 16.0 Å². The molecule has 2 aromatic rings. The minimum absolute atomic E-state index is 0.0704. The van der Waals surface area contributed by atoms with E-state index in [0.717, 1.165) is 11.3 Å². The number of hydrogen-bond donors (Lipinski definition) is 1. The van der Waals surface area contributed by atoms with Crippen LogP contribution in [0.3, 0.4) is 0 Å². The minimum atomic E-state index is -3.79. The number of anilines is 1. The Hall–Kier alpha value is -1.58. The maximum atomic E-state index is 12.3. The molecule has 0 bridgehead atoms. The molecule has 0 spiro atoms. The Bertz CT molecular complexity index is 801. The van der Waals surface area contributed by atoms with Crippen LogP contribution in [0.25, 0.3) is 0 Å². The highest BCUT2D eigenvalue weighted by Crippen LogP contribution is 2.29. The van der Waals surface area contributed by atoms with E-state index in [2.05, 4.69) is 25.4 Å².